The van der Waals surface area contributed by atoms with Crippen molar-refractivity contribution >= 4 is 39.6 Å². The zero-order chi connectivity index (χ0) is 28.0. The van der Waals surface area contributed by atoms with E-state index in [1.54, 1.807) is 0 Å². The average molecular weight is 616 g/mol. The molecular weight excluding hydrogens is 589 g/mol. The van der Waals surface area contributed by atoms with Crippen LogP contribution in [0.3, 0.4) is 0 Å². The number of phenols is 1. The van der Waals surface area contributed by atoms with Crippen LogP contribution in [0, 0.1) is 30.3 Å². The van der Waals surface area contributed by atoms with Crippen molar-refractivity contribution in [3.05, 3.63) is 42.5 Å². The molecule has 1 N–H and O–H groups in total. The van der Waals surface area contributed by atoms with Gasteiger partial charge < -0.3 is 5.11 Å². The van der Waals surface area contributed by atoms with Gasteiger partial charge in [0.15, 0.2) is 0 Å². The molecule has 0 aliphatic carbocycles. The minimum absolute atomic E-state index is 0.447. The molecule has 7 aliphatic rings. The second-order valence-electron chi connectivity index (χ2n) is 10.2. The Labute approximate surface area is 228 Å². The Balaban J connectivity index is 0.000000146. The molecule has 22 heteroatoms. The van der Waals surface area contributed by atoms with Gasteiger partial charge in [-0.2, -0.15) is 13.5 Å². The molecule has 1 aromatic rings. The van der Waals surface area contributed by atoms with Gasteiger partial charge in [-0.05, 0) is 0 Å². The Morgan fingerprint density at radius 3 is 0.975 bits per heavy atom. The lowest BCUT2D eigenvalue weighted by molar-refractivity contribution is -0.404. The number of hydrogen-bond donors (Lipinski definition) is 1. The quantitative estimate of drug-likeness (QED) is 0.184. The SMILES string of the molecule is C1CN1P1(N2CC2)=NP(N2CC2)(N2CC2)=NP(N2CC2)(N2CC2)=N1.O=[N+]([O-])c1cc([N+](=O)[O-])c(O)c([N+](=O)[O-])c1. The summed E-state index contributed by atoms with van der Waals surface area (Å²) in [5.41, 5.74) is -3.00. The first-order chi connectivity index (χ1) is 19.1. The summed E-state index contributed by atoms with van der Waals surface area (Å²) in [5, 5.41) is 40.2. The Morgan fingerprint density at radius 2 is 0.800 bits per heavy atom. The number of nitro benzene ring substituents is 3. The highest BCUT2D eigenvalue weighted by atomic mass is 31.3. The fourth-order valence-corrected chi connectivity index (χ4v) is 20.1. The molecule has 0 bridgehead atoms. The lowest BCUT2D eigenvalue weighted by Crippen LogP contribution is -2.14. The molecule has 19 nitrogen and oxygen atoms in total. The molecule has 40 heavy (non-hydrogen) atoms. The summed E-state index contributed by atoms with van der Waals surface area (Å²) >= 11 is 0. The van der Waals surface area contributed by atoms with E-state index in [-0.39, 0.29) is 0 Å². The maximum absolute atomic E-state index is 10.4. The molecule has 0 radical (unpaired) electrons. The van der Waals surface area contributed by atoms with Crippen LogP contribution >= 0.6 is 22.5 Å². The van der Waals surface area contributed by atoms with E-state index in [0.717, 1.165) is 0 Å². The third-order valence-electron chi connectivity index (χ3n) is 7.20. The first-order valence-corrected chi connectivity index (χ1v) is 17.6. The monoisotopic (exact) mass is 616 g/mol. The van der Waals surface area contributed by atoms with E-state index >= 15 is 0 Å². The van der Waals surface area contributed by atoms with Crippen LogP contribution in [-0.4, -0.2) is 126 Å². The maximum atomic E-state index is 10.4. The van der Waals surface area contributed by atoms with Crippen LogP contribution in [0.15, 0.2) is 25.7 Å². The number of non-ortho nitro benzene ring substituents is 1. The summed E-state index contributed by atoms with van der Waals surface area (Å²) in [5.74, 6) is -1.21. The van der Waals surface area contributed by atoms with Gasteiger partial charge in [0.25, 0.3) is 11.4 Å². The molecule has 7 aliphatic heterocycles. The molecule has 8 rings (SSSR count). The Bertz CT molecular complexity index is 1310. The van der Waals surface area contributed by atoms with E-state index in [4.69, 9.17) is 18.7 Å². The molecule has 216 valence electrons. The van der Waals surface area contributed by atoms with Crippen molar-refractivity contribution in [2.75, 3.05) is 78.5 Å². The van der Waals surface area contributed by atoms with Gasteiger partial charge >= 0.3 is 11.4 Å². The maximum Gasteiger partial charge on any atom is 0.324 e. The van der Waals surface area contributed by atoms with Crippen LogP contribution in [0.4, 0.5) is 17.1 Å². The van der Waals surface area contributed by atoms with Gasteiger partial charge in [-0.25, -0.2) is 28.0 Å². The number of benzene rings is 1. The summed E-state index contributed by atoms with van der Waals surface area (Å²) < 4.78 is 32.7. The van der Waals surface area contributed by atoms with E-state index in [1.807, 2.05) is 0 Å². The van der Waals surface area contributed by atoms with Gasteiger partial charge in [0.1, 0.15) is 0 Å². The summed E-state index contributed by atoms with van der Waals surface area (Å²) in [6.45, 7) is 14.3. The van der Waals surface area contributed by atoms with Crippen molar-refractivity contribution in [2.24, 2.45) is 13.5 Å². The molecule has 1 aromatic carbocycles. The van der Waals surface area contributed by atoms with Crippen LogP contribution in [0.2, 0.25) is 0 Å². The molecule has 7 heterocycles. The predicted octanol–water partition coefficient (Wildman–Crippen LogP) is 2.85. The van der Waals surface area contributed by atoms with E-state index < -0.39 is 60.1 Å². The third-order valence-corrected chi connectivity index (χ3v) is 19.9. The van der Waals surface area contributed by atoms with Gasteiger partial charge in [-0.1, -0.05) is 0 Å². The molecular formula is C18H27N12O7P3. The standard InChI is InChI=1S/C12H24N9P3.C6H3N3O7/c1-2-16(1)22(17-3-4-17)13-23(18-5-6-18,19-7-8-19)15-24(14-22,20-9-10-20)21-11-12-21;10-6-4(8(13)14)1-3(7(11)12)2-5(6)9(15)16/h1-12H2;1-2,10H. The van der Waals surface area contributed by atoms with Crippen molar-refractivity contribution in [2.45, 2.75) is 0 Å². The molecule has 0 amide bonds. The highest BCUT2D eigenvalue weighted by Gasteiger charge is 2.60. The fourth-order valence-electron chi connectivity index (χ4n) is 4.60. The van der Waals surface area contributed by atoms with Crippen molar-refractivity contribution in [1.29, 1.82) is 0 Å². The number of phenolic OH excluding ortho intramolecular Hbond substituents is 1. The van der Waals surface area contributed by atoms with Crippen LogP contribution in [0.5, 0.6) is 5.75 Å². The summed E-state index contributed by atoms with van der Waals surface area (Å²) in [4.78, 5) is 27.8. The lowest BCUT2D eigenvalue weighted by atomic mass is 10.2. The van der Waals surface area contributed by atoms with Crippen molar-refractivity contribution in [1.82, 2.24) is 28.0 Å². The van der Waals surface area contributed by atoms with E-state index in [1.165, 1.54) is 78.5 Å². The highest BCUT2D eigenvalue weighted by Crippen LogP contribution is 2.87. The molecule has 0 unspecified atom stereocenters. The minimum atomic E-state index is -1.86. The number of nitrogens with zero attached hydrogens (tertiary/aromatic N) is 12. The number of aromatic hydroxyl groups is 1. The molecule has 0 spiro atoms. The lowest BCUT2D eigenvalue weighted by Gasteiger charge is -2.38. The molecule has 0 aromatic heterocycles. The van der Waals surface area contributed by atoms with Gasteiger partial charge in [0.2, 0.25) is 22.5 Å². The smallest absolute Gasteiger partial charge is 0.324 e. The van der Waals surface area contributed by atoms with Gasteiger partial charge in [0.05, 0.1) is 26.9 Å². The fraction of sp³-hybridized carbons (Fsp3) is 0.667. The largest absolute Gasteiger partial charge is 0.497 e. The van der Waals surface area contributed by atoms with Crippen LogP contribution in [0.25, 0.3) is 0 Å². The Kier molecular flexibility index (Phi) is 6.03. The second kappa shape index (κ2) is 9.08. The third kappa shape index (κ3) is 4.49. The van der Waals surface area contributed by atoms with Gasteiger partial charge in [-0.15, -0.1) is 0 Å². The zero-order valence-electron chi connectivity index (χ0n) is 21.2. The second-order valence-corrected chi connectivity index (χ2v) is 19.0. The van der Waals surface area contributed by atoms with Gasteiger partial charge in [0, 0.05) is 78.5 Å². The van der Waals surface area contributed by atoms with Crippen LogP contribution in [0.1, 0.15) is 0 Å². The van der Waals surface area contributed by atoms with E-state index in [2.05, 4.69) is 28.0 Å². The topological polar surface area (TPSA) is 205 Å². The zero-order valence-corrected chi connectivity index (χ0v) is 23.9. The van der Waals surface area contributed by atoms with Crippen LogP contribution < -0.4 is 0 Å². The Hall–Kier alpha value is -2.33. The van der Waals surface area contributed by atoms with E-state index in [9.17, 15) is 30.3 Å². The molecule has 6 saturated heterocycles. The predicted molar refractivity (Wildman–Crippen MR) is 146 cm³/mol. The summed E-state index contributed by atoms with van der Waals surface area (Å²) in [6.07, 6.45) is 0. The van der Waals surface area contributed by atoms with E-state index in [0.29, 0.717) is 12.1 Å². The highest BCUT2D eigenvalue weighted by molar-refractivity contribution is 7.83. The normalized spacial score (nSPS) is 27.6. The van der Waals surface area contributed by atoms with Crippen LogP contribution in [-0.2, 0) is 0 Å². The average Bonchev–Trinajstić information content (AvgIpc) is 3.77. The Morgan fingerprint density at radius 1 is 0.550 bits per heavy atom. The summed E-state index contributed by atoms with van der Waals surface area (Å²) in [7, 11) is -5.57. The first kappa shape index (κ1) is 26.6. The van der Waals surface area contributed by atoms with Crippen molar-refractivity contribution in [3.63, 3.8) is 0 Å². The molecule has 0 saturated carbocycles. The summed E-state index contributed by atoms with van der Waals surface area (Å²) in [6, 6.07) is 0.894. The minimum Gasteiger partial charge on any atom is -0.497 e. The first-order valence-electron chi connectivity index (χ1n) is 12.8. The number of rotatable bonds is 9. The molecule has 0 atom stereocenters. The van der Waals surface area contributed by atoms with Crippen molar-refractivity contribution in [3.8, 4) is 5.75 Å². The molecule has 6 fully saturated rings. The number of nitro groups is 3. The van der Waals surface area contributed by atoms with Gasteiger partial charge in [-0.3, -0.25) is 30.3 Å². The number of hydrogen-bond acceptors (Lipinski definition) is 16. The van der Waals surface area contributed by atoms with Crippen molar-refractivity contribution < 1.29 is 19.9 Å².